The molecular formula is C24H34FN9O5S. The molecule has 1 aromatic rings. The van der Waals surface area contributed by atoms with Crippen LogP contribution in [0.1, 0.15) is 33.1 Å². The van der Waals surface area contributed by atoms with E-state index in [-0.39, 0.29) is 60.5 Å². The van der Waals surface area contributed by atoms with E-state index in [9.17, 15) is 28.7 Å². The van der Waals surface area contributed by atoms with Crippen LogP contribution in [0.15, 0.2) is 16.9 Å². The highest BCUT2D eigenvalue weighted by atomic mass is 32.2. The van der Waals surface area contributed by atoms with Gasteiger partial charge >= 0.3 is 5.97 Å². The number of β-lactam (4-membered cyclic amide) rings is 1. The van der Waals surface area contributed by atoms with Crippen molar-refractivity contribution in [2.45, 2.75) is 68.7 Å². The number of amides is 3. The molecule has 3 fully saturated rings. The lowest BCUT2D eigenvalue weighted by Gasteiger charge is -2.47. The number of hydrogen-bond acceptors (Lipinski definition) is 10. The van der Waals surface area contributed by atoms with E-state index < -0.39 is 35.7 Å². The molecule has 5 heterocycles. The molecule has 0 unspecified atom stereocenters. The number of nitrogens with one attached hydrogen (secondary N) is 2. The maximum absolute atomic E-state index is 14.5. The summed E-state index contributed by atoms with van der Waals surface area (Å²) in [6, 6.07) is -1.36. The highest BCUT2D eigenvalue weighted by molar-refractivity contribution is 8.03. The highest BCUT2D eigenvalue weighted by Gasteiger charge is 2.60. The second-order valence-corrected chi connectivity index (χ2v) is 12.4. The molecule has 0 aromatic carbocycles. The molecule has 3 amide bonds. The first-order valence-electron chi connectivity index (χ1n) is 13.4. The zero-order valence-corrected chi connectivity index (χ0v) is 23.1. The summed E-state index contributed by atoms with van der Waals surface area (Å²) in [7, 11) is 0. The number of thioether (sulfide) groups is 1. The number of tetrazole rings is 1. The van der Waals surface area contributed by atoms with Crippen molar-refractivity contribution in [1.82, 2.24) is 40.6 Å². The molecular weight excluding hydrogens is 545 g/mol. The standard InChI is InChI=1S/C24H34FN9O5S/c1-12-18-17(13(2)29-16(35)9-33-11-28-30-31-33)22(37)34(18)19(23(38)39)20(12)40-14-7-15(27-8-14)21(36)32-5-3-24(25,10-26)4-6-32/h11-15,17-18,27H,3-10,26H2,1-2H3,(H,29,35)(H,38,39)/t12-,13-,14+,15+,17-,18-/m1/s1. The smallest absolute Gasteiger partial charge is 0.353 e. The summed E-state index contributed by atoms with van der Waals surface area (Å²) in [6.45, 7) is 4.60. The number of nitrogens with zero attached hydrogens (tertiary/aromatic N) is 6. The molecule has 14 nitrogen and oxygen atoms in total. The van der Waals surface area contributed by atoms with Crippen molar-refractivity contribution in [2.24, 2.45) is 17.6 Å². The normalized spacial score (nSPS) is 30.2. The number of rotatable bonds is 9. The summed E-state index contributed by atoms with van der Waals surface area (Å²) in [5.41, 5.74) is 4.09. The number of carboxylic acids is 1. The predicted octanol–water partition coefficient (Wildman–Crippen LogP) is -1.30. The van der Waals surface area contributed by atoms with E-state index in [1.165, 1.54) is 27.7 Å². The van der Waals surface area contributed by atoms with E-state index in [1.807, 2.05) is 6.92 Å². The van der Waals surface area contributed by atoms with Gasteiger partial charge in [-0.15, -0.1) is 16.9 Å². The van der Waals surface area contributed by atoms with Gasteiger partial charge in [-0.25, -0.2) is 13.9 Å². The number of alkyl halides is 1. The minimum Gasteiger partial charge on any atom is -0.477 e. The van der Waals surface area contributed by atoms with E-state index in [0.717, 1.165) is 0 Å². The molecule has 0 spiro atoms. The Bertz CT molecular complexity index is 1210. The lowest BCUT2D eigenvalue weighted by atomic mass is 9.78. The van der Waals surface area contributed by atoms with Crippen molar-refractivity contribution < 1.29 is 28.7 Å². The third kappa shape index (κ3) is 5.19. The van der Waals surface area contributed by atoms with Gasteiger partial charge in [0.05, 0.1) is 18.0 Å². The van der Waals surface area contributed by atoms with E-state index in [0.29, 0.717) is 31.0 Å². The third-order valence-electron chi connectivity index (χ3n) is 8.44. The SMILES string of the molecule is C[C@@H](NC(=O)Cn1cnnn1)[C@H]1C(=O)N2C(C(=O)O)=C(S[C@@H]3CN[C@H](C(=O)N4CCC(F)(CN)CC4)C3)[C@H](C)[C@H]12. The van der Waals surface area contributed by atoms with Gasteiger partial charge in [-0.05, 0) is 23.8 Å². The molecule has 3 saturated heterocycles. The van der Waals surface area contributed by atoms with Crippen molar-refractivity contribution in [1.29, 1.82) is 0 Å². The molecule has 0 saturated carbocycles. The van der Waals surface area contributed by atoms with Crippen LogP contribution in [0.3, 0.4) is 0 Å². The molecule has 40 heavy (non-hydrogen) atoms. The maximum atomic E-state index is 14.5. The van der Waals surface area contributed by atoms with Crippen LogP contribution in [0.2, 0.25) is 0 Å². The minimum absolute atomic E-state index is 0.0251. The minimum atomic E-state index is -1.42. The predicted molar refractivity (Wildman–Crippen MR) is 140 cm³/mol. The zero-order valence-electron chi connectivity index (χ0n) is 22.3. The average Bonchev–Trinajstić information content (AvgIpc) is 3.65. The lowest BCUT2D eigenvalue weighted by molar-refractivity contribution is -0.158. The second-order valence-electron chi connectivity index (χ2n) is 11.0. The summed E-state index contributed by atoms with van der Waals surface area (Å²) in [4.78, 5) is 54.5. The summed E-state index contributed by atoms with van der Waals surface area (Å²) >= 11 is 1.39. The summed E-state index contributed by atoms with van der Waals surface area (Å²) in [5.74, 6) is -2.81. The Morgan fingerprint density at radius 3 is 2.70 bits per heavy atom. The highest BCUT2D eigenvalue weighted by Crippen LogP contribution is 2.51. The Hall–Kier alpha value is -3.11. The molecule has 5 N–H and O–H groups in total. The fourth-order valence-electron chi connectivity index (χ4n) is 6.20. The number of fused-ring (bicyclic) bond motifs is 1. The number of piperidine rings is 1. The second kappa shape index (κ2) is 11.0. The molecule has 1 aromatic heterocycles. The van der Waals surface area contributed by atoms with Crippen LogP contribution in [-0.4, -0.2) is 114 Å². The topological polar surface area (TPSA) is 189 Å². The number of aliphatic carboxylic acids is 1. The Labute approximate surface area is 234 Å². The first-order chi connectivity index (χ1) is 19.0. The monoisotopic (exact) mass is 579 g/mol. The molecule has 5 rings (SSSR count). The number of carboxylic acid groups (broad SMARTS) is 1. The first kappa shape index (κ1) is 28.4. The van der Waals surface area contributed by atoms with Crippen LogP contribution in [0.5, 0.6) is 0 Å². The van der Waals surface area contributed by atoms with Gasteiger partial charge in [0, 0.05) is 61.1 Å². The van der Waals surface area contributed by atoms with E-state index in [2.05, 4.69) is 26.2 Å². The van der Waals surface area contributed by atoms with Crippen LogP contribution in [0.25, 0.3) is 0 Å². The van der Waals surface area contributed by atoms with Gasteiger partial charge < -0.3 is 31.3 Å². The van der Waals surface area contributed by atoms with Gasteiger partial charge in [-0.3, -0.25) is 14.4 Å². The molecule has 4 aliphatic heterocycles. The number of halogens is 1. The number of nitrogens with two attached hydrogens (primary N) is 1. The van der Waals surface area contributed by atoms with Crippen molar-refractivity contribution in [2.75, 3.05) is 26.2 Å². The molecule has 218 valence electrons. The van der Waals surface area contributed by atoms with Crippen molar-refractivity contribution >= 4 is 35.5 Å². The van der Waals surface area contributed by atoms with E-state index in [1.54, 1.807) is 11.8 Å². The van der Waals surface area contributed by atoms with Crippen molar-refractivity contribution in [3.05, 3.63) is 16.9 Å². The Balaban J connectivity index is 1.21. The average molecular weight is 580 g/mol. The number of aromatic nitrogens is 4. The maximum Gasteiger partial charge on any atom is 0.353 e. The largest absolute Gasteiger partial charge is 0.477 e. The molecule has 0 aliphatic carbocycles. The van der Waals surface area contributed by atoms with Crippen LogP contribution in [-0.2, 0) is 25.7 Å². The Kier molecular flexibility index (Phi) is 7.85. The van der Waals surface area contributed by atoms with Crippen LogP contribution in [0, 0.1) is 11.8 Å². The quantitative estimate of drug-likeness (QED) is 0.255. The molecule has 6 atom stereocenters. The van der Waals surface area contributed by atoms with Gasteiger partial charge in [-0.2, -0.15) is 0 Å². The number of hydrogen-bond donors (Lipinski definition) is 4. The van der Waals surface area contributed by atoms with Gasteiger partial charge in [-0.1, -0.05) is 6.92 Å². The summed E-state index contributed by atoms with van der Waals surface area (Å²) in [5, 5.41) is 26.6. The van der Waals surface area contributed by atoms with Crippen LogP contribution >= 0.6 is 11.8 Å². The first-order valence-corrected chi connectivity index (χ1v) is 14.3. The summed E-state index contributed by atoms with van der Waals surface area (Å²) in [6.07, 6.45) is 2.24. The Morgan fingerprint density at radius 2 is 2.08 bits per heavy atom. The van der Waals surface area contributed by atoms with Crippen LogP contribution < -0.4 is 16.4 Å². The molecule has 4 aliphatic rings. The van der Waals surface area contributed by atoms with Gasteiger partial charge in [0.1, 0.15) is 24.2 Å². The van der Waals surface area contributed by atoms with Gasteiger partial charge in [0.25, 0.3) is 0 Å². The van der Waals surface area contributed by atoms with E-state index in [4.69, 9.17) is 5.73 Å². The van der Waals surface area contributed by atoms with Crippen molar-refractivity contribution in [3.8, 4) is 0 Å². The van der Waals surface area contributed by atoms with Gasteiger partial charge in [0.15, 0.2) is 0 Å². The molecule has 0 radical (unpaired) electrons. The number of carbonyl (C=O) groups excluding carboxylic acids is 3. The molecule has 16 heteroatoms. The van der Waals surface area contributed by atoms with Crippen LogP contribution in [0.4, 0.5) is 4.39 Å². The fraction of sp³-hybridized carbons (Fsp3) is 0.708. The zero-order chi connectivity index (χ0) is 28.8. The number of likely N-dealkylation sites (tertiary alicyclic amines) is 1. The number of carbonyl (C=O) groups is 4. The summed E-state index contributed by atoms with van der Waals surface area (Å²) < 4.78 is 15.7. The Morgan fingerprint density at radius 1 is 1.35 bits per heavy atom. The van der Waals surface area contributed by atoms with E-state index >= 15 is 0 Å². The van der Waals surface area contributed by atoms with Gasteiger partial charge in [0.2, 0.25) is 17.7 Å². The molecule has 0 bridgehead atoms. The fourth-order valence-corrected chi connectivity index (χ4v) is 7.68. The lowest BCUT2D eigenvalue weighted by Crippen LogP contribution is -2.66. The third-order valence-corrected chi connectivity index (χ3v) is 9.95. The van der Waals surface area contributed by atoms with Crippen molar-refractivity contribution in [3.63, 3.8) is 0 Å².